The summed E-state index contributed by atoms with van der Waals surface area (Å²) in [5.74, 6) is 0.0479. The highest BCUT2D eigenvalue weighted by Crippen LogP contribution is 2.30. The summed E-state index contributed by atoms with van der Waals surface area (Å²) in [6.07, 6.45) is 6.80. The topological polar surface area (TPSA) is 70.6 Å². The largest absolute Gasteiger partial charge is 0.396 e. The molecule has 1 aliphatic rings. The zero-order chi connectivity index (χ0) is 14.1. The van der Waals surface area contributed by atoms with E-state index in [0.29, 0.717) is 19.4 Å². The molecule has 3 N–H and O–H groups in total. The SMILES string of the molecule is CNC1(CC(=O)NC(CCO)COC)CCCCC1. The van der Waals surface area contributed by atoms with Crippen LogP contribution >= 0.6 is 0 Å². The molecular formula is C14H28N2O3. The van der Waals surface area contributed by atoms with Crippen molar-refractivity contribution in [3.8, 4) is 0 Å². The van der Waals surface area contributed by atoms with E-state index in [4.69, 9.17) is 9.84 Å². The van der Waals surface area contributed by atoms with Crippen molar-refractivity contribution in [2.24, 2.45) is 0 Å². The molecule has 112 valence electrons. The number of aliphatic hydroxyl groups is 1. The summed E-state index contributed by atoms with van der Waals surface area (Å²) >= 11 is 0. The molecule has 0 radical (unpaired) electrons. The molecule has 0 heterocycles. The van der Waals surface area contributed by atoms with Crippen LogP contribution in [0.2, 0.25) is 0 Å². The number of ether oxygens (including phenoxy) is 1. The van der Waals surface area contributed by atoms with Crippen LogP contribution in [0.1, 0.15) is 44.9 Å². The molecule has 0 aromatic heterocycles. The molecule has 0 bridgehead atoms. The summed E-state index contributed by atoms with van der Waals surface area (Å²) in [7, 11) is 3.55. The van der Waals surface area contributed by atoms with Gasteiger partial charge in [-0.05, 0) is 26.3 Å². The minimum Gasteiger partial charge on any atom is -0.396 e. The number of hydrogen-bond acceptors (Lipinski definition) is 4. The van der Waals surface area contributed by atoms with Gasteiger partial charge >= 0.3 is 0 Å². The van der Waals surface area contributed by atoms with E-state index >= 15 is 0 Å². The summed E-state index contributed by atoms with van der Waals surface area (Å²) in [6, 6.07) is -0.0972. The van der Waals surface area contributed by atoms with E-state index in [-0.39, 0.29) is 24.1 Å². The van der Waals surface area contributed by atoms with Gasteiger partial charge in [-0.2, -0.15) is 0 Å². The Morgan fingerprint density at radius 2 is 2.05 bits per heavy atom. The minimum atomic E-state index is -0.0972. The van der Waals surface area contributed by atoms with Crippen LogP contribution in [0.5, 0.6) is 0 Å². The third-order valence-corrected chi connectivity index (χ3v) is 4.05. The molecule has 5 heteroatoms. The van der Waals surface area contributed by atoms with Crippen molar-refractivity contribution in [1.29, 1.82) is 0 Å². The molecule has 1 unspecified atom stereocenters. The Bertz CT molecular complexity index is 259. The van der Waals surface area contributed by atoms with Crippen LogP contribution in [-0.4, -0.2) is 50.0 Å². The maximum absolute atomic E-state index is 12.1. The molecule has 0 aromatic rings. The Hall–Kier alpha value is -0.650. The van der Waals surface area contributed by atoms with E-state index in [1.54, 1.807) is 7.11 Å². The molecule has 0 aliphatic heterocycles. The van der Waals surface area contributed by atoms with Gasteiger partial charge in [0.05, 0.1) is 12.6 Å². The van der Waals surface area contributed by atoms with Crippen molar-refractivity contribution < 1.29 is 14.6 Å². The zero-order valence-corrected chi connectivity index (χ0v) is 12.2. The van der Waals surface area contributed by atoms with Gasteiger partial charge < -0.3 is 20.5 Å². The van der Waals surface area contributed by atoms with E-state index in [0.717, 1.165) is 12.8 Å². The van der Waals surface area contributed by atoms with Gasteiger partial charge in [-0.3, -0.25) is 4.79 Å². The van der Waals surface area contributed by atoms with Gasteiger partial charge in [0, 0.05) is 25.7 Å². The summed E-state index contributed by atoms with van der Waals surface area (Å²) in [5, 5.41) is 15.3. The van der Waals surface area contributed by atoms with Crippen LogP contribution in [0, 0.1) is 0 Å². The fourth-order valence-corrected chi connectivity index (χ4v) is 2.88. The standard InChI is InChI=1S/C14H28N2O3/c1-15-14(7-4-3-5-8-14)10-13(18)16-12(6-9-17)11-19-2/h12,15,17H,3-11H2,1-2H3,(H,16,18). The Morgan fingerprint density at radius 1 is 1.37 bits per heavy atom. The van der Waals surface area contributed by atoms with E-state index in [2.05, 4.69) is 10.6 Å². The summed E-state index contributed by atoms with van der Waals surface area (Å²) in [5.41, 5.74) is -0.0425. The molecule has 1 rings (SSSR count). The van der Waals surface area contributed by atoms with Gasteiger partial charge in [-0.25, -0.2) is 0 Å². The number of carbonyl (C=O) groups excluding carboxylic acids is 1. The number of hydrogen-bond donors (Lipinski definition) is 3. The fourth-order valence-electron chi connectivity index (χ4n) is 2.88. The molecule has 19 heavy (non-hydrogen) atoms. The highest BCUT2D eigenvalue weighted by atomic mass is 16.5. The Balaban J connectivity index is 2.47. The first-order valence-electron chi connectivity index (χ1n) is 7.24. The molecule has 1 amide bonds. The lowest BCUT2D eigenvalue weighted by molar-refractivity contribution is -0.124. The highest BCUT2D eigenvalue weighted by Gasteiger charge is 2.32. The van der Waals surface area contributed by atoms with Gasteiger partial charge in [0.2, 0.25) is 5.91 Å². The molecule has 5 nitrogen and oxygen atoms in total. The lowest BCUT2D eigenvalue weighted by Crippen LogP contribution is -2.50. The molecule has 1 atom stereocenters. The number of rotatable bonds is 8. The molecular weight excluding hydrogens is 244 g/mol. The molecule has 1 fully saturated rings. The monoisotopic (exact) mass is 272 g/mol. The summed E-state index contributed by atoms with van der Waals surface area (Å²) < 4.78 is 5.06. The molecule has 1 aliphatic carbocycles. The van der Waals surface area contributed by atoms with Crippen LogP contribution < -0.4 is 10.6 Å². The van der Waals surface area contributed by atoms with Gasteiger partial charge in [-0.15, -0.1) is 0 Å². The van der Waals surface area contributed by atoms with Gasteiger partial charge in [0.1, 0.15) is 0 Å². The number of methoxy groups -OCH3 is 1. The number of aliphatic hydroxyl groups excluding tert-OH is 1. The second kappa shape index (κ2) is 8.51. The van der Waals surface area contributed by atoms with E-state index in [1.807, 2.05) is 7.05 Å². The first-order chi connectivity index (χ1) is 9.15. The third-order valence-electron chi connectivity index (χ3n) is 4.05. The molecule has 0 saturated heterocycles. The smallest absolute Gasteiger partial charge is 0.222 e. The van der Waals surface area contributed by atoms with Crippen molar-refractivity contribution in [3.05, 3.63) is 0 Å². The third kappa shape index (κ3) is 5.47. The fraction of sp³-hybridized carbons (Fsp3) is 0.929. The number of carbonyl (C=O) groups is 1. The minimum absolute atomic E-state index is 0.0425. The zero-order valence-electron chi connectivity index (χ0n) is 12.2. The van der Waals surface area contributed by atoms with E-state index in [9.17, 15) is 4.79 Å². The second-order valence-corrected chi connectivity index (χ2v) is 5.50. The van der Waals surface area contributed by atoms with Crippen LogP contribution in [0.4, 0.5) is 0 Å². The van der Waals surface area contributed by atoms with Crippen molar-refractivity contribution in [3.63, 3.8) is 0 Å². The first-order valence-corrected chi connectivity index (χ1v) is 7.24. The van der Waals surface area contributed by atoms with E-state index < -0.39 is 0 Å². The van der Waals surface area contributed by atoms with Crippen LogP contribution in [0.15, 0.2) is 0 Å². The van der Waals surface area contributed by atoms with Crippen molar-refractivity contribution >= 4 is 5.91 Å². The maximum atomic E-state index is 12.1. The molecule has 0 spiro atoms. The van der Waals surface area contributed by atoms with Crippen molar-refractivity contribution in [2.75, 3.05) is 27.4 Å². The predicted molar refractivity (Wildman–Crippen MR) is 75.0 cm³/mol. The molecule has 1 saturated carbocycles. The van der Waals surface area contributed by atoms with Crippen LogP contribution in [-0.2, 0) is 9.53 Å². The maximum Gasteiger partial charge on any atom is 0.222 e. The Labute approximate surface area is 116 Å². The number of amides is 1. The average molecular weight is 272 g/mol. The lowest BCUT2D eigenvalue weighted by Gasteiger charge is -2.37. The normalized spacial score (nSPS) is 19.9. The average Bonchev–Trinajstić information content (AvgIpc) is 2.40. The van der Waals surface area contributed by atoms with Crippen molar-refractivity contribution in [1.82, 2.24) is 10.6 Å². The Morgan fingerprint density at radius 3 is 2.58 bits per heavy atom. The molecule has 0 aromatic carbocycles. The second-order valence-electron chi connectivity index (χ2n) is 5.50. The van der Waals surface area contributed by atoms with Crippen LogP contribution in [0.3, 0.4) is 0 Å². The lowest BCUT2D eigenvalue weighted by atomic mass is 9.79. The van der Waals surface area contributed by atoms with Crippen molar-refractivity contribution in [2.45, 2.75) is 56.5 Å². The number of nitrogens with one attached hydrogen (secondary N) is 2. The van der Waals surface area contributed by atoms with E-state index in [1.165, 1.54) is 19.3 Å². The highest BCUT2D eigenvalue weighted by molar-refractivity contribution is 5.77. The van der Waals surface area contributed by atoms with Crippen LogP contribution in [0.25, 0.3) is 0 Å². The first kappa shape index (κ1) is 16.4. The predicted octanol–water partition coefficient (Wildman–Crippen LogP) is 0.812. The van der Waals surface area contributed by atoms with Gasteiger partial charge in [0.25, 0.3) is 0 Å². The summed E-state index contributed by atoms with van der Waals surface area (Å²) in [6.45, 7) is 0.504. The van der Waals surface area contributed by atoms with Gasteiger partial charge in [-0.1, -0.05) is 19.3 Å². The Kier molecular flexibility index (Phi) is 7.34. The van der Waals surface area contributed by atoms with Gasteiger partial charge in [0.15, 0.2) is 0 Å². The quantitative estimate of drug-likeness (QED) is 0.611. The summed E-state index contributed by atoms with van der Waals surface area (Å²) in [4.78, 5) is 12.1.